The zero-order valence-corrected chi connectivity index (χ0v) is 8.59. The highest BCUT2D eigenvalue weighted by Gasteiger charge is 2.48. The molecule has 0 aromatic rings. The van der Waals surface area contributed by atoms with E-state index in [-0.39, 0.29) is 24.7 Å². The molecule has 0 radical (unpaired) electrons. The quantitative estimate of drug-likeness (QED) is 0.668. The summed E-state index contributed by atoms with van der Waals surface area (Å²) in [5.41, 5.74) is 0. The Morgan fingerprint density at radius 2 is 2.07 bits per heavy atom. The highest BCUT2D eigenvalue weighted by atomic mass is 16.7. The van der Waals surface area contributed by atoms with Crippen molar-refractivity contribution >= 4 is 0 Å². The average molecular weight is 202 g/mol. The lowest BCUT2D eigenvalue weighted by atomic mass is 9.83. The van der Waals surface area contributed by atoms with Crippen LogP contribution in [-0.2, 0) is 9.47 Å². The first kappa shape index (κ1) is 10.4. The summed E-state index contributed by atoms with van der Waals surface area (Å²) in [6.07, 6.45) is -0.596. The van der Waals surface area contributed by atoms with Gasteiger partial charge in [-0.05, 0) is 18.3 Å². The second-order valence-electron chi connectivity index (χ2n) is 4.53. The molecule has 2 N–H and O–H groups in total. The summed E-state index contributed by atoms with van der Waals surface area (Å²) >= 11 is 0. The molecule has 0 amide bonds. The summed E-state index contributed by atoms with van der Waals surface area (Å²) in [5.74, 6) is 0.634. The highest BCUT2D eigenvalue weighted by Crippen LogP contribution is 2.38. The first-order valence-corrected chi connectivity index (χ1v) is 5.23. The smallest absolute Gasteiger partial charge is 0.184 e. The summed E-state index contributed by atoms with van der Waals surface area (Å²) in [7, 11) is 0. The molecule has 0 aliphatic carbocycles. The Hall–Kier alpha value is -0.160. The first-order chi connectivity index (χ1) is 6.63. The summed E-state index contributed by atoms with van der Waals surface area (Å²) in [5, 5.41) is 18.9. The van der Waals surface area contributed by atoms with E-state index in [2.05, 4.69) is 13.8 Å². The molecule has 4 heteroatoms. The van der Waals surface area contributed by atoms with E-state index in [1.54, 1.807) is 0 Å². The monoisotopic (exact) mass is 202 g/mol. The van der Waals surface area contributed by atoms with Gasteiger partial charge in [-0.2, -0.15) is 0 Å². The van der Waals surface area contributed by atoms with Gasteiger partial charge >= 0.3 is 0 Å². The van der Waals surface area contributed by atoms with Gasteiger partial charge in [-0.25, -0.2) is 0 Å². The van der Waals surface area contributed by atoms with Crippen LogP contribution >= 0.6 is 0 Å². The van der Waals surface area contributed by atoms with Crippen LogP contribution < -0.4 is 0 Å². The van der Waals surface area contributed by atoms with Crippen molar-refractivity contribution in [3.05, 3.63) is 0 Å². The minimum Gasteiger partial charge on any atom is -0.394 e. The van der Waals surface area contributed by atoms with Crippen LogP contribution in [0.5, 0.6) is 0 Å². The van der Waals surface area contributed by atoms with Gasteiger partial charge in [0.25, 0.3) is 0 Å². The summed E-state index contributed by atoms with van der Waals surface area (Å²) < 4.78 is 10.9. The largest absolute Gasteiger partial charge is 0.394 e. The number of hydrogen-bond donors (Lipinski definition) is 2. The molecule has 2 fully saturated rings. The van der Waals surface area contributed by atoms with Crippen molar-refractivity contribution in [2.24, 2.45) is 11.8 Å². The van der Waals surface area contributed by atoms with E-state index in [0.717, 1.165) is 6.42 Å². The molecule has 0 saturated carbocycles. The van der Waals surface area contributed by atoms with Crippen LogP contribution in [-0.4, -0.2) is 41.4 Å². The molecule has 4 nitrogen and oxygen atoms in total. The third-order valence-corrected chi connectivity index (χ3v) is 3.29. The van der Waals surface area contributed by atoms with Gasteiger partial charge in [0.2, 0.25) is 0 Å². The molecule has 0 spiro atoms. The van der Waals surface area contributed by atoms with E-state index in [4.69, 9.17) is 14.6 Å². The summed E-state index contributed by atoms with van der Waals surface area (Å²) in [4.78, 5) is 0. The lowest BCUT2D eigenvalue weighted by Gasteiger charge is -2.34. The molecule has 14 heavy (non-hydrogen) atoms. The molecule has 82 valence electrons. The molecule has 2 saturated heterocycles. The first-order valence-electron chi connectivity index (χ1n) is 5.23. The lowest BCUT2D eigenvalue weighted by Crippen LogP contribution is -2.42. The minimum atomic E-state index is -0.553. The van der Waals surface area contributed by atoms with E-state index in [9.17, 15) is 5.11 Å². The van der Waals surface area contributed by atoms with Gasteiger partial charge in [-0.1, -0.05) is 13.8 Å². The number of aliphatic hydroxyl groups excluding tert-OH is 2. The third kappa shape index (κ3) is 1.56. The zero-order valence-electron chi connectivity index (χ0n) is 8.59. The van der Waals surface area contributed by atoms with Crippen molar-refractivity contribution < 1.29 is 19.7 Å². The van der Waals surface area contributed by atoms with E-state index in [0.29, 0.717) is 5.92 Å². The van der Waals surface area contributed by atoms with Crippen LogP contribution in [0, 0.1) is 11.8 Å². The van der Waals surface area contributed by atoms with E-state index in [1.165, 1.54) is 0 Å². The van der Waals surface area contributed by atoms with Crippen molar-refractivity contribution in [3.63, 3.8) is 0 Å². The Kier molecular flexibility index (Phi) is 2.79. The molecular formula is C10H18O4. The van der Waals surface area contributed by atoms with Crippen molar-refractivity contribution in [2.75, 3.05) is 6.61 Å². The molecule has 2 aliphatic rings. The van der Waals surface area contributed by atoms with Gasteiger partial charge in [0.15, 0.2) is 6.29 Å². The van der Waals surface area contributed by atoms with Crippen LogP contribution in [0.25, 0.3) is 0 Å². The van der Waals surface area contributed by atoms with Gasteiger partial charge < -0.3 is 19.7 Å². The Morgan fingerprint density at radius 1 is 1.36 bits per heavy atom. The highest BCUT2D eigenvalue weighted by molar-refractivity contribution is 4.91. The van der Waals surface area contributed by atoms with Crippen LogP contribution in [0.2, 0.25) is 0 Å². The van der Waals surface area contributed by atoms with Crippen LogP contribution in [0.1, 0.15) is 20.3 Å². The number of aliphatic hydroxyl groups is 2. The predicted molar refractivity (Wildman–Crippen MR) is 49.6 cm³/mol. The summed E-state index contributed by atoms with van der Waals surface area (Å²) in [6.45, 7) is 4.15. The fourth-order valence-electron chi connectivity index (χ4n) is 2.36. The van der Waals surface area contributed by atoms with Gasteiger partial charge in [-0.15, -0.1) is 0 Å². The summed E-state index contributed by atoms with van der Waals surface area (Å²) in [6, 6.07) is 0. The Labute approximate surface area is 83.8 Å². The molecule has 0 unspecified atom stereocenters. The maximum Gasteiger partial charge on any atom is 0.184 e. The molecule has 0 aromatic heterocycles. The maximum absolute atomic E-state index is 9.91. The van der Waals surface area contributed by atoms with Crippen LogP contribution in [0.15, 0.2) is 0 Å². The van der Waals surface area contributed by atoms with Crippen molar-refractivity contribution in [3.8, 4) is 0 Å². The molecule has 2 bridgehead atoms. The van der Waals surface area contributed by atoms with E-state index < -0.39 is 12.4 Å². The van der Waals surface area contributed by atoms with Crippen LogP contribution in [0.4, 0.5) is 0 Å². The Morgan fingerprint density at radius 3 is 2.64 bits per heavy atom. The number of rotatable bonds is 2. The second kappa shape index (κ2) is 3.77. The van der Waals surface area contributed by atoms with Gasteiger partial charge in [0.05, 0.1) is 12.7 Å². The van der Waals surface area contributed by atoms with Gasteiger partial charge in [0, 0.05) is 0 Å². The molecule has 0 aromatic carbocycles. The van der Waals surface area contributed by atoms with Crippen LogP contribution in [0.3, 0.4) is 0 Å². The van der Waals surface area contributed by atoms with E-state index in [1.807, 2.05) is 0 Å². The standard InChI is InChI=1S/C10H18O4/c1-5(2)6-3-7-8(4-11)14-10(13-7)9(6)12/h5-12H,3-4H2,1-2H3/t6-,7-,8+,9-,10-/m0/s1. The van der Waals surface area contributed by atoms with E-state index >= 15 is 0 Å². The molecular weight excluding hydrogens is 184 g/mol. The molecule has 5 atom stereocenters. The number of hydrogen-bond acceptors (Lipinski definition) is 4. The number of ether oxygens (including phenoxy) is 2. The molecule has 2 aliphatic heterocycles. The maximum atomic E-state index is 9.91. The van der Waals surface area contributed by atoms with Crippen molar-refractivity contribution in [1.29, 1.82) is 0 Å². The van der Waals surface area contributed by atoms with Crippen molar-refractivity contribution in [2.45, 2.75) is 44.9 Å². The van der Waals surface area contributed by atoms with Crippen molar-refractivity contribution in [1.82, 2.24) is 0 Å². The minimum absolute atomic E-state index is 0.0291. The molecule has 2 rings (SSSR count). The predicted octanol–water partition coefficient (Wildman–Crippen LogP) is 0.126. The van der Waals surface area contributed by atoms with Gasteiger partial charge in [-0.3, -0.25) is 0 Å². The second-order valence-corrected chi connectivity index (χ2v) is 4.53. The average Bonchev–Trinajstić information content (AvgIpc) is 2.50. The zero-order chi connectivity index (χ0) is 10.3. The Bertz CT molecular complexity index is 206. The lowest BCUT2D eigenvalue weighted by molar-refractivity contribution is -0.184. The normalized spacial score (nSPS) is 47.4. The molecule has 2 heterocycles. The fourth-order valence-corrected chi connectivity index (χ4v) is 2.36. The SMILES string of the molecule is CC(C)[C@@H]1C[C@@H]2O[C@@H](O[C@@H]2CO)[C@H]1O. The number of fused-ring (bicyclic) bond motifs is 2. The third-order valence-electron chi connectivity index (χ3n) is 3.29. The topological polar surface area (TPSA) is 58.9 Å². The van der Waals surface area contributed by atoms with Gasteiger partial charge in [0.1, 0.15) is 12.2 Å². The Balaban J connectivity index is 2.08. The fraction of sp³-hybridized carbons (Fsp3) is 1.00.